The van der Waals surface area contributed by atoms with E-state index in [0.717, 1.165) is 12.8 Å². The molecule has 1 atom stereocenters. The predicted octanol–water partition coefficient (Wildman–Crippen LogP) is 2.88. The fourth-order valence-electron chi connectivity index (χ4n) is 2.94. The van der Waals surface area contributed by atoms with Crippen molar-refractivity contribution in [2.45, 2.75) is 18.9 Å². The maximum Gasteiger partial charge on any atom is 0.321 e. The number of aliphatic hydroxyl groups is 1. The van der Waals surface area contributed by atoms with Gasteiger partial charge in [0.15, 0.2) is 5.58 Å². The number of likely N-dealkylation sites (tertiary alicyclic amines) is 1. The van der Waals surface area contributed by atoms with E-state index in [0.29, 0.717) is 41.5 Å². The number of nitrogens with zero attached hydrogens (tertiary/aromatic N) is 3. The van der Waals surface area contributed by atoms with Gasteiger partial charge in [0.05, 0.1) is 6.10 Å². The number of benzene rings is 1. The molecule has 1 aromatic carbocycles. The smallest absolute Gasteiger partial charge is 0.321 e. The third-order valence-corrected chi connectivity index (χ3v) is 4.21. The number of nitrogens with one attached hydrogen (secondary N) is 1. The Bertz CT molecular complexity index is 894. The van der Waals surface area contributed by atoms with Crippen molar-refractivity contribution in [1.82, 2.24) is 14.9 Å². The number of oxazole rings is 1. The Kier molecular flexibility index (Phi) is 4.07. The molecule has 0 spiro atoms. The van der Waals surface area contributed by atoms with E-state index in [1.54, 1.807) is 29.3 Å². The highest BCUT2D eigenvalue weighted by atomic mass is 16.3. The molecule has 1 fully saturated rings. The molecule has 3 aromatic rings. The molecule has 25 heavy (non-hydrogen) atoms. The number of carbonyl (C=O) groups is 1. The monoisotopic (exact) mass is 338 g/mol. The number of hydrogen-bond acceptors (Lipinski definition) is 5. The summed E-state index contributed by atoms with van der Waals surface area (Å²) in [5, 5.41) is 12.5. The number of fused-ring (bicyclic) bond motifs is 1. The SMILES string of the molecule is O=C(Nc1ccc2nc(-c3ccccn3)oc2c1)N1CCC[C@@H](O)C1. The first-order valence-corrected chi connectivity index (χ1v) is 8.25. The molecule has 0 radical (unpaired) electrons. The normalized spacial score (nSPS) is 17.6. The van der Waals surface area contributed by atoms with Crippen LogP contribution in [-0.2, 0) is 0 Å². The summed E-state index contributed by atoms with van der Waals surface area (Å²) in [5.74, 6) is 0.443. The third-order valence-electron chi connectivity index (χ3n) is 4.21. The van der Waals surface area contributed by atoms with Crippen molar-refractivity contribution in [3.8, 4) is 11.6 Å². The number of amides is 2. The molecule has 1 aliphatic heterocycles. The zero-order chi connectivity index (χ0) is 17.2. The van der Waals surface area contributed by atoms with Crippen molar-refractivity contribution >= 4 is 22.8 Å². The van der Waals surface area contributed by atoms with Crippen LogP contribution in [0.3, 0.4) is 0 Å². The molecule has 7 nitrogen and oxygen atoms in total. The van der Waals surface area contributed by atoms with E-state index in [1.807, 2.05) is 18.2 Å². The van der Waals surface area contributed by atoms with E-state index in [-0.39, 0.29) is 6.03 Å². The lowest BCUT2D eigenvalue weighted by atomic mass is 10.1. The summed E-state index contributed by atoms with van der Waals surface area (Å²) in [6.45, 7) is 1.01. The van der Waals surface area contributed by atoms with Gasteiger partial charge in [0.1, 0.15) is 11.2 Å². The van der Waals surface area contributed by atoms with Crippen LogP contribution in [0, 0.1) is 0 Å². The first-order valence-electron chi connectivity index (χ1n) is 8.25. The van der Waals surface area contributed by atoms with Gasteiger partial charge in [0, 0.05) is 31.0 Å². The van der Waals surface area contributed by atoms with Gasteiger partial charge < -0.3 is 19.7 Å². The van der Waals surface area contributed by atoms with E-state index in [2.05, 4.69) is 15.3 Å². The van der Waals surface area contributed by atoms with Gasteiger partial charge in [-0.05, 0) is 37.1 Å². The molecule has 1 aliphatic rings. The molecule has 2 N–H and O–H groups in total. The Morgan fingerprint density at radius 3 is 3.04 bits per heavy atom. The van der Waals surface area contributed by atoms with E-state index in [1.165, 1.54) is 0 Å². The van der Waals surface area contributed by atoms with E-state index >= 15 is 0 Å². The minimum atomic E-state index is -0.447. The fraction of sp³-hybridized carbons (Fsp3) is 0.278. The Hall–Kier alpha value is -2.93. The molecule has 7 heteroatoms. The summed E-state index contributed by atoms with van der Waals surface area (Å²) in [6, 6.07) is 10.6. The minimum absolute atomic E-state index is 0.220. The summed E-state index contributed by atoms with van der Waals surface area (Å²) in [6.07, 6.45) is 2.79. The lowest BCUT2D eigenvalue weighted by Crippen LogP contribution is -2.44. The van der Waals surface area contributed by atoms with Crippen LogP contribution in [0.15, 0.2) is 47.0 Å². The quantitative estimate of drug-likeness (QED) is 0.750. The number of piperidine rings is 1. The second-order valence-corrected chi connectivity index (χ2v) is 6.09. The standard InChI is InChI=1S/C18H18N4O3/c23-13-4-3-9-22(11-13)18(24)20-12-6-7-14-16(10-12)25-17(21-14)15-5-1-2-8-19-15/h1-2,5-8,10,13,23H,3-4,9,11H2,(H,20,24)/t13-/m1/s1. The summed E-state index contributed by atoms with van der Waals surface area (Å²) in [7, 11) is 0. The van der Waals surface area contributed by atoms with Gasteiger partial charge in [-0.2, -0.15) is 0 Å². The van der Waals surface area contributed by atoms with Gasteiger partial charge in [0.25, 0.3) is 0 Å². The van der Waals surface area contributed by atoms with Crippen LogP contribution in [0.5, 0.6) is 0 Å². The topological polar surface area (TPSA) is 91.5 Å². The second kappa shape index (κ2) is 6.52. The molecular formula is C18H18N4O3. The van der Waals surface area contributed by atoms with Crippen LogP contribution in [0.25, 0.3) is 22.7 Å². The average molecular weight is 338 g/mol. The number of β-amino-alcohol motifs (C(OH)–C–C–N with tert-alkyl or cyclic N) is 1. The first-order chi connectivity index (χ1) is 12.2. The van der Waals surface area contributed by atoms with Crippen LogP contribution in [-0.4, -0.2) is 45.2 Å². The maximum atomic E-state index is 12.3. The molecule has 2 amide bonds. The van der Waals surface area contributed by atoms with Crippen molar-refractivity contribution in [2.24, 2.45) is 0 Å². The Balaban J connectivity index is 1.54. The molecule has 0 unspecified atom stereocenters. The van der Waals surface area contributed by atoms with Gasteiger partial charge in [0.2, 0.25) is 5.89 Å². The fourth-order valence-corrected chi connectivity index (χ4v) is 2.94. The van der Waals surface area contributed by atoms with Crippen LogP contribution in [0.2, 0.25) is 0 Å². The number of carbonyl (C=O) groups excluding carboxylic acids is 1. The number of anilines is 1. The van der Waals surface area contributed by atoms with E-state index in [9.17, 15) is 9.90 Å². The van der Waals surface area contributed by atoms with Crippen LogP contribution < -0.4 is 5.32 Å². The van der Waals surface area contributed by atoms with Crippen molar-refractivity contribution in [1.29, 1.82) is 0 Å². The summed E-state index contributed by atoms with van der Waals surface area (Å²) < 4.78 is 5.76. The molecule has 0 aliphatic carbocycles. The number of hydrogen-bond donors (Lipinski definition) is 2. The average Bonchev–Trinajstić information content (AvgIpc) is 3.06. The van der Waals surface area contributed by atoms with Gasteiger partial charge in [-0.25, -0.2) is 9.78 Å². The highest BCUT2D eigenvalue weighted by molar-refractivity contribution is 5.92. The molecule has 0 saturated carbocycles. The lowest BCUT2D eigenvalue weighted by Gasteiger charge is -2.30. The number of urea groups is 1. The Morgan fingerprint density at radius 2 is 2.24 bits per heavy atom. The van der Waals surface area contributed by atoms with Crippen molar-refractivity contribution in [2.75, 3.05) is 18.4 Å². The van der Waals surface area contributed by atoms with Crippen LogP contribution in [0.1, 0.15) is 12.8 Å². The number of pyridine rings is 1. The first kappa shape index (κ1) is 15.6. The number of aliphatic hydroxyl groups excluding tert-OH is 1. The van der Waals surface area contributed by atoms with Gasteiger partial charge in [-0.1, -0.05) is 6.07 Å². The molecular weight excluding hydrogens is 320 g/mol. The third kappa shape index (κ3) is 3.32. The summed E-state index contributed by atoms with van der Waals surface area (Å²) in [5.41, 5.74) is 2.57. The molecule has 2 aromatic heterocycles. The Labute approximate surface area is 144 Å². The van der Waals surface area contributed by atoms with Gasteiger partial charge >= 0.3 is 6.03 Å². The molecule has 3 heterocycles. The van der Waals surface area contributed by atoms with Crippen LogP contribution >= 0.6 is 0 Å². The van der Waals surface area contributed by atoms with Crippen molar-refractivity contribution in [3.63, 3.8) is 0 Å². The number of rotatable bonds is 2. The summed E-state index contributed by atoms with van der Waals surface area (Å²) in [4.78, 5) is 22.6. The van der Waals surface area contributed by atoms with E-state index in [4.69, 9.17) is 4.42 Å². The minimum Gasteiger partial charge on any atom is -0.435 e. The Morgan fingerprint density at radius 1 is 1.32 bits per heavy atom. The summed E-state index contributed by atoms with van der Waals surface area (Å²) >= 11 is 0. The second-order valence-electron chi connectivity index (χ2n) is 6.09. The maximum absolute atomic E-state index is 12.3. The highest BCUT2D eigenvalue weighted by Crippen LogP contribution is 2.25. The zero-order valence-electron chi connectivity index (χ0n) is 13.6. The molecule has 1 saturated heterocycles. The largest absolute Gasteiger partial charge is 0.435 e. The van der Waals surface area contributed by atoms with E-state index < -0.39 is 6.10 Å². The molecule has 0 bridgehead atoms. The van der Waals surface area contributed by atoms with Crippen LogP contribution in [0.4, 0.5) is 10.5 Å². The molecule has 4 rings (SSSR count). The van der Waals surface area contributed by atoms with Crippen molar-refractivity contribution < 1.29 is 14.3 Å². The zero-order valence-corrected chi connectivity index (χ0v) is 13.6. The lowest BCUT2D eigenvalue weighted by molar-refractivity contribution is 0.0883. The number of aromatic nitrogens is 2. The van der Waals surface area contributed by atoms with Gasteiger partial charge in [-0.3, -0.25) is 4.98 Å². The predicted molar refractivity (Wildman–Crippen MR) is 93.1 cm³/mol. The van der Waals surface area contributed by atoms with Gasteiger partial charge in [-0.15, -0.1) is 0 Å². The van der Waals surface area contributed by atoms with Crippen molar-refractivity contribution in [3.05, 3.63) is 42.6 Å². The molecule has 128 valence electrons. The highest BCUT2D eigenvalue weighted by Gasteiger charge is 2.22.